The Morgan fingerprint density at radius 3 is 2.92 bits per heavy atom. The molecule has 0 saturated carbocycles. The average molecular weight is 348 g/mol. The van der Waals surface area contributed by atoms with Gasteiger partial charge in [0, 0.05) is 29.1 Å². The number of amidine groups is 1. The molecule has 0 spiro atoms. The summed E-state index contributed by atoms with van der Waals surface area (Å²) in [6.45, 7) is 0.221. The fourth-order valence-electron chi connectivity index (χ4n) is 3.29. The Labute approximate surface area is 149 Å². The minimum atomic E-state index is -0.504. The molecule has 26 heavy (non-hydrogen) atoms. The molecule has 130 valence electrons. The van der Waals surface area contributed by atoms with Crippen LogP contribution < -0.4 is 20.3 Å². The lowest BCUT2D eigenvalue weighted by molar-refractivity contribution is -0.123. The number of nitrogens with zero attached hydrogens (tertiary/aromatic N) is 1. The van der Waals surface area contributed by atoms with Crippen molar-refractivity contribution in [2.24, 2.45) is 4.99 Å². The maximum Gasteiger partial charge on any atom is 0.263 e. The minimum absolute atomic E-state index is 0.153. The van der Waals surface area contributed by atoms with Gasteiger partial charge in [0.15, 0.2) is 11.5 Å². The van der Waals surface area contributed by atoms with E-state index < -0.39 is 6.04 Å². The molecule has 0 unspecified atom stereocenters. The van der Waals surface area contributed by atoms with E-state index in [1.165, 1.54) is 0 Å². The van der Waals surface area contributed by atoms with Crippen LogP contribution in [0.2, 0.25) is 0 Å². The predicted octanol–water partition coefficient (Wildman–Crippen LogP) is 1.89. The van der Waals surface area contributed by atoms with E-state index in [9.17, 15) is 4.79 Å². The van der Waals surface area contributed by atoms with Gasteiger partial charge in [-0.3, -0.25) is 20.6 Å². The summed E-state index contributed by atoms with van der Waals surface area (Å²) in [7, 11) is 0. The van der Waals surface area contributed by atoms with Crippen LogP contribution in [0.25, 0.3) is 10.9 Å². The maximum atomic E-state index is 12.3. The number of rotatable bonds is 3. The number of carbonyl (C=O) groups is 1. The third kappa shape index (κ3) is 2.45. The molecule has 7 nitrogen and oxygen atoms in total. The topological polar surface area (TPSA) is 87.7 Å². The normalized spacial score (nSPS) is 18.4. The first-order valence-corrected chi connectivity index (χ1v) is 8.36. The van der Waals surface area contributed by atoms with Crippen LogP contribution in [-0.4, -0.2) is 29.6 Å². The number of hydrogen-bond acceptors (Lipinski definition) is 5. The fourth-order valence-corrected chi connectivity index (χ4v) is 3.29. The zero-order chi connectivity index (χ0) is 17.5. The third-order valence-corrected chi connectivity index (χ3v) is 4.63. The molecule has 0 radical (unpaired) electrons. The highest BCUT2D eigenvalue weighted by atomic mass is 16.7. The van der Waals surface area contributed by atoms with Gasteiger partial charge in [0.1, 0.15) is 11.9 Å². The molecule has 0 bridgehead atoms. The van der Waals surface area contributed by atoms with Gasteiger partial charge in [-0.15, -0.1) is 0 Å². The van der Waals surface area contributed by atoms with Crippen LogP contribution in [-0.2, 0) is 11.2 Å². The van der Waals surface area contributed by atoms with Gasteiger partial charge in [0.05, 0.1) is 0 Å². The van der Waals surface area contributed by atoms with E-state index in [0.29, 0.717) is 23.8 Å². The number of carbonyl (C=O) groups excluding carboxylic acids is 1. The molecule has 7 heteroatoms. The number of aromatic nitrogens is 1. The molecule has 2 aromatic carbocycles. The first-order valence-electron chi connectivity index (χ1n) is 8.36. The van der Waals surface area contributed by atoms with Crippen LogP contribution in [0.15, 0.2) is 53.7 Å². The van der Waals surface area contributed by atoms with Crippen molar-refractivity contribution >= 4 is 22.6 Å². The SMILES string of the molecule is O=C1NNC(c2ccc3c(c2)OCO3)=N[C@H]1Cc1c[nH]c2ccccc12. The molecule has 2 aliphatic rings. The second-order valence-corrected chi connectivity index (χ2v) is 6.24. The zero-order valence-corrected chi connectivity index (χ0v) is 13.8. The van der Waals surface area contributed by atoms with E-state index in [-0.39, 0.29) is 12.7 Å². The van der Waals surface area contributed by atoms with Gasteiger partial charge in [-0.25, -0.2) is 0 Å². The molecule has 0 fully saturated rings. The van der Waals surface area contributed by atoms with Crippen molar-refractivity contribution in [2.45, 2.75) is 12.5 Å². The van der Waals surface area contributed by atoms with Crippen LogP contribution >= 0.6 is 0 Å². The highest BCUT2D eigenvalue weighted by Gasteiger charge is 2.26. The monoisotopic (exact) mass is 348 g/mol. The van der Waals surface area contributed by atoms with E-state index in [1.54, 1.807) is 0 Å². The summed E-state index contributed by atoms with van der Waals surface area (Å²) in [4.78, 5) is 20.1. The number of hydrazine groups is 1. The van der Waals surface area contributed by atoms with Gasteiger partial charge in [-0.05, 0) is 29.8 Å². The quantitative estimate of drug-likeness (QED) is 0.674. The highest BCUT2D eigenvalue weighted by molar-refractivity contribution is 6.04. The third-order valence-electron chi connectivity index (χ3n) is 4.63. The largest absolute Gasteiger partial charge is 0.454 e. The number of fused-ring (bicyclic) bond motifs is 2. The van der Waals surface area contributed by atoms with E-state index >= 15 is 0 Å². The van der Waals surface area contributed by atoms with Crippen molar-refractivity contribution in [2.75, 3.05) is 6.79 Å². The molecule has 5 rings (SSSR count). The Morgan fingerprint density at radius 2 is 1.96 bits per heavy atom. The standard InChI is InChI=1S/C19H16N4O3/c24-19-15(7-12-9-20-14-4-2-1-3-13(12)14)21-18(22-23-19)11-5-6-16-17(8-11)26-10-25-16/h1-6,8-9,15,20H,7,10H2,(H,21,22)(H,23,24)/t15-/m0/s1. The Bertz CT molecular complexity index is 1040. The molecule has 0 aliphatic carbocycles. The average Bonchev–Trinajstić information content (AvgIpc) is 3.30. The lowest BCUT2D eigenvalue weighted by Crippen LogP contribution is -2.52. The summed E-state index contributed by atoms with van der Waals surface area (Å²) in [5, 5.41) is 1.11. The number of H-pyrrole nitrogens is 1. The van der Waals surface area contributed by atoms with Crippen molar-refractivity contribution in [1.82, 2.24) is 15.8 Å². The van der Waals surface area contributed by atoms with Crippen LogP contribution in [0, 0.1) is 0 Å². The van der Waals surface area contributed by atoms with Crippen LogP contribution in [0.3, 0.4) is 0 Å². The zero-order valence-electron chi connectivity index (χ0n) is 13.8. The van der Waals surface area contributed by atoms with Crippen LogP contribution in [0.1, 0.15) is 11.1 Å². The summed E-state index contributed by atoms with van der Waals surface area (Å²) in [5.74, 6) is 1.84. The summed E-state index contributed by atoms with van der Waals surface area (Å²) in [6.07, 6.45) is 2.46. The molecule has 3 aromatic rings. The van der Waals surface area contributed by atoms with Gasteiger partial charge in [-0.1, -0.05) is 18.2 Å². The Balaban J connectivity index is 1.46. The van der Waals surface area contributed by atoms with Crippen molar-refractivity contribution in [3.63, 3.8) is 0 Å². The first-order chi connectivity index (χ1) is 12.8. The molecule has 1 amide bonds. The smallest absolute Gasteiger partial charge is 0.263 e. The Hall–Kier alpha value is -3.48. The predicted molar refractivity (Wildman–Crippen MR) is 96.2 cm³/mol. The molecule has 1 atom stereocenters. The number of nitrogens with one attached hydrogen (secondary N) is 3. The van der Waals surface area contributed by atoms with Crippen LogP contribution in [0.5, 0.6) is 11.5 Å². The summed E-state index contributed by atoms with van der Waals surface area (Å²) >= 11 is 0. The molecule has 3 heterocycles. The van der Waals surface area contributed by atoms with Crippen molar-refractivity contribution in [1.29, 1.82) is 0 Å². The number of para-hydroxylation sites is 1. The Morgan fingerprint density at radius 1 is 1.08 bits per heavy atom. The van der Waals surface area contributed by atoms with Gasteiger partial charge in [-0.2, -0.15) is 0 Å². The number of aromatic amines is 1. The van der Waals surface area contributed by atoms with Gasteiger partial charge < -0.3 is 14.5 Å². The molecular formula is C19H16N4O3. The second kappa shape index (κ2) is 5.80. The van der Waals surface area contributed by atoms with Gasteiger partial charge in [0.25, 0.3) is 5.91 Å². The van der Waals surface area contributed by atoms with Crippen molar-refractivity contribution in [3.05, 3.63) is 59.8 Å². The summed E-state index contributed by atoms with van der Waals surface area (Å²) in [6, 6.07) is 13.1. The molecule has 2 aliphatic heterocycles. The maximum absolute atomic E-state index is 12.3. The molecular weight excluding hydrogens is 332 g/mol. The molecule has 1 aromatic heterocycles. The molecule has 0 saturated heterocycles. The van der Waals surface area contributed by atoms with Gasteiger partial charge >= 0.3 is 0 Å². The number of aliphatic imine (C=N–C) groups is 1. The van der Waals surface area contributed by atoms with E-state index in [1.807, 2.05) is 48.7 Å². The highest BCUT2D eigenvalue weighted by Crippen LogP contribution is 2.32. The van der Waals surface area contributed by atoms with E-state index in [0.717, 1.165) is 22.0 Å². The number of benzene rings is 2. The first kappa shape index (κ1) is 14.8. The van der Waals surface area contributed by atoms with Gasteiger partial charge in [0.2, 0.25) is 6.79 Å². The molecule has 3 N–H and O–H groups in total. The second-order valence-electron chi connectivity index (χ2n) is 6.24. The number of ether oxygens (including phenoxy) is 2. The van der Waals surface area contributed by atoms with E-state index in [2.05, 4.69) is 20.8 Å². The summed E-state index contributed by atoms with van der Waals surface area (Å²) < 4.78 is 10.7. The minimum Gasteiger partial charge on any atom is -0.454 e. The van der Waals surface area contributed by atoms with E-state index in [4.69, 9.17) is 9.47 Å². The number of hydrogen-bond donors (Lipinski definition) is 3. The van der Waals surface area contributed by atoms with Crippen molar-refractivity contribution in [3.8, 4) is 11.5 Å². The summed E-state index contributed by atoms with van der Waals surface area (Å²) in [5.41, 5.74) is 8.53. The van der Waals surface area contributed by atoms with Crippen molar-refractivity contribution < 1.29 is 14.3 Å². The lowest BCUT2D eigenvalue weighted by Gasteiger charge is -2.22. The number of amides is 1. The Kier molecular flexibility index (Phi) is 3.31. The fraction of sp³-hybridized carbons (Fsp3) is 0.158. The van der Waals surface area contributed by atoms with Crippen LogP contribution in [0.4, 0.5) is 0 Å². The lowest BCUT2D eigenvalue weighted by atomic mass is 10.0.